The van der Waals surface area contributed by atoms with E-state index in [-0.39, 0.29) is 17.1 Å². The molecule has 1 fully saturated rings. The molecule has 6 heteroatoms. The van der Waals surface area contributed by atoms with E-state index in [0.717, 1.165) is 76.3 Å². The van der Waals surface area contributed by atoms with Crippen LogP contribution in [0.4, 0.5) is 10.5 Å². The lowest BCUT2D eigenvalue weighted by Crippen LogP contribution is -2.41. The number of carbonyl (C=O) groups excluding carboxylic acids is 1. The van der Waals surface area contributed by atoms with Crippen LogP contribution in [0, 0.1) is 5.41 Å². The van der Waals surface area contributed by atoms with E-state index >= 15 is 0 Å². The summed E-state index contributed by atoms with van der Waals surface area (Å²) in [4.78, 5) is 14.5. The van der Waals surface area contributed by atoms with Crippen molar-refractivity contribution >= 4 is 11.8 Å². The monoisotopic (exact) mass is 508 g/mol. The molecule has 1 spiro atoms. The number of rotatable bonds is 8. The Hall–Kier alpha value is -2.73. The number of nitrogens with one attached hydrogen (secondary N) is 1. The minimum Gasteiger partial charge on any atom is -0.487 e. The van der Waals surface area contributed by atoms with Gasteiger partial charge in [-0.25, -0.2) is 4.79 Å². The van der Waals surface area contributed by atoms with Crippen molar-refractivity contribution in [1.29, 1.82) is 0 Å². The molecule has 1 saturated heterocycles. The summed E-state index contributed by atoms with van der Waals surface area (Å²) >= 11 is 0. The highest BCUT2D eigenvalue weighted by molar-refractivity contribution is 5.68. The third-order valence-electron chi connectivity index (χ3n) is 7.24. The normalized spacial score (nSPS) is 19.6. The van der Waals surface area contributed by atoms with E-state index in [4.69, 9.17) is 14.2 Å². The highest BCUT2D eigenvalue weighted by Crippen LogP contribution is 2.41. The minimum atomic E-state index is -0.195. The summed E-state index contributed by atoms with van der Waals surface area (Å²) < 4.78 is 17.6. The van der Waals surface area contributed by atoms with Crippen LogP contribution in [0.2, 0.25) is 0 Å². The average Bonchev–Trinajstić information content (AvgIpc) is 3.09. The molecule has 1 N–H and O–H groups in total. The van der Waals surface area contributed by atoms with Crippen molar-refractivity contribution in [1.82, 2.24) is 4.90 Å². The fourth-order valence-corrected chi connectivity index (χ4v) is 5.10. The van der Waals surface area contributed by atoms with Crippen molar-refractivity contribution < 1.29 is 19.0 Å². The van der Waals surface area contributed by atoms with Gasteiger partial charge < -0.3 is 24.4 Å². The largest absolute Gasteiger partial charge is 0.487 e. The zero-order chi connectivity index (χ0) is 26.3. The first kappa shape index (κ1) is 27.3. The number of amides is 1. The Morgan fingerprint density at radius 1 is 1.05 bits per heavy atom. The van der Waals surface area contributed by atoms with E-state index in [1.165, 1.54) is 16.7 Å². The van der Waals surface area contributed by atoms with E-state index in [9.17, 15) is 4.79 Å². The zero-order valence-electron chi connectivity index (χ0n) is 23.1. The van der Waals surface area contributed by atoms with Crippen molar-refractivity contribution in [2.45, 2.75) is 71.8 Å². The minimum absolute atomic E-state index is 0.0274. The maximum absolute atomic E-state index is 12.6. The molecular formula is C31H44N2O4. The maximum Gasteiger partial charge on any atom is 0.409 e. The molecule has 4 rings (SSSR count). The van der Waals surface area contributed by atoms with Gasteiger partial charge in [0.2, 0.25) is 0 Å². The zero-order valence-corrected chi connectivity index (χ0v) is 23.1. The number of ether oxygens (including phenoxy) is 3. The van der Waals surface area contributed by atoms with Crippen LogP contribution in [-0.4, -0.2) is 56.0 Å². The molecule has 202 valence electrons. The molecule has 1 atom stereocenters. The standard InChI is InChI=1S/C31H44N2O4/c1-5-35-21-7-18-32-27-11-8-24(9-12-27)25-10-13-28-26(22-25)14-16-31(37-28)15-6-19-33(20-17-31)29(34)36-23-30(2,3)4/h8-13,22,32H,5-7,14-21,23H2,1-4H3. The van der Waals surface area contributed by atoms with Gasteiger partial charge >= 0.3 is 6.09 Å². The fraction of sp³-hybridized carbons (Fsp3) is 0.581. The van der Waals surface area contributed by atoms with Crippen LogP contribution in [0.25, 0.3) is 11.1 Å². The summed E-state index contributed by atoms with van der Waals surface area (Å²) in [6, 6.07) is 15.2. The van der Waals surface area contributed by atoms with Gasteiger partial charge in [0.1, 0.15) is 11.4 Å². The Morgan fingerprint density at radius 3 is 2.59 bits per heavy atom. The number of benzene rings is 2. The summed E-state index contributed by atoms with van der Waals surface area (Å²) in [5.41, 5.74) is 4.61. The number of hydrogen-bond acceptors (Lipinski definition) is 5. The van der Waals surface area contributed by atoms with Gasteiger partial charge in [0.05, 0.1) is 6.61 Å². The van der Waals surface area contributed by atoms with Crippen LogP contribution in [0.15, 0.2) is 42.5 Å². The third kappa shape index (κ3) is 7.64. The topological polar surface area (TPSA) is 60.0 Å². The van der Waals surface area contributed by atoms with E-state index in [2.05, 4.69) is 68.6 Å². The average molecular weight is 509 g/mol. The van der Waals surface area contributed by atoms with Gasteiger partial charge in [0.15, 0.2) is 0 Å². The highest BCUT2D eigenvalue weighted by atomic mass is 16.6. The third-order valence-corrected chi connectivity index (χ3v) is 7.24. The van der Waals surface area contributed by atoms with Crippen molar-refractivity contribution in [3.05, 3.63) is 48.0 Å². The number of likely N-dealkylation sites (tertiary alicyclic amines) is 1. The molecule has 6 nitrogen and oxygen atoms in total. The second-order valence-electron chi connectivity index (χ2n) is 11.6. The van der Waals surface area contributed by atoms with Crippen molar-refractivity contribution in [2.24, 2.45) is 5.41 Å². The maximum atomic E-state index is 12.6. The first-order valence-electron chi connectivity index (χ1n) is 13.9. The van der Waals surface area contributed by atoms with E-state index < -0.39 is 0 Å². The summed E-state index contributed by atoms with van der Waals surface area (Å²) in [6.07, 6.45) is 5.54. The summed E-state index contributed by atoms with van der Waals surface area (Å²) in [6.45, 7) is 12.6. The molecule has 0 aliphatic carbocycles. The van der Waals surface area contributed by atoms with Crippen molar-refractivity contribution in [3.63, 3.8) is 0 Å². The Bertz CT molecular complexity index is 1030. The Kier molecular flexibility index (Phi) is 9.01. The number of aryl methyl sites for hydroxylation is 1. The second-order valence-corrected chi connectivity index (χ2v) is 11.6. The molecule has 0 aromatic heterocycles. The number of carbonyl (C=O) groups is 1. The number of anilines is 1. The SMILES string of the molecule is CCOCCCNc1ccc(-c2ccc3c(c2)CCC2(CCCN(C(=O)OCC(C)(C)C)CC2)O3)cc1. The lowest BCUT2D eigenvalue weighted by atomic mass is 9.84. The first-order chi connectivity index (χ1) is 17.8. The molecule has 2 aromatic rings. The Balaban J connectivity index is 1.33. The molecule has 0 saturated carbocycles. The van der Waals surface area contributed by atoms with Gasteiger partial charge in [-0.1, -0.05) is 39.0 Å². The Morgan fingerprint density at radius 2 is 1.84 bits per heavy atom. The molecule has 2 heterocycles. The van der Waals surface area contributed by atoms with E-state index in [1.807, 2.05) is 11.8 Å². The Labute approximate surface area is 222 Å². The highest BCUT2D eigenvalue weighted by Gasteiger charge is 2.39. The fourth-order valence-electron chi connectivity index (χ4n) is 5.10. The summed E-state index contributed by atoms with van der Waals surface area (Å²) in [5, 5.41) is 3.46. The summed E-state index contributed by atoms with van der Waals surface area (Å²) in [5.74, 6) is 0.992. The lowest BCUT2D eigenvalue weighted by molar-refractivity contribution is 0.0298. The van der Waals surface area contributed by atoms with Crippen LogP contribution in [0.1, 0.15) is 65.4 Å². The predicted octanol–water partition coefficient (Wildman–Crippen LogP) is 6.92. The van der Waals surface area contributed by atoms with Gasteiger partial charge in [-0.05, 0) is 85.4 Å². The van der Waals surface area contributed by atoms with Crippen LogP contribution in [0.5, 0.6) is 5.75 Å². The molecule has 0 radical (unpaired) electrons. The van der Waals surface area contributed by atoms with Crippen molar-refractivity contribution in [3.8, 4) is 16.9 Å². The van der Waals surface area contributed by atoms with E-state index in [1.54, 1.807) is 0 Å². The molecular weight excluding hydrogens is 464 g/mol. The van der Waals surface area contributed by atoms with Crippen LogP contribution in [0.3, 0.4) is 0 Å². The molecule has 1 amide bonds. The molecule has 2 aliphatic rings. The van der Waals surface area contributed by atoms with Crippen LogP contribution < -0.4 is 10.1 Å². The van der Waals surface area contributed by atoms with E-state index in [0.29, 0.717) is 13.2 Å². The second kappa shape index (κ2) is 12.2. The predicted molar refractivity (Wildman–Crippen MR) is 149 cm³/mol. The van der Waals surface area contributed by atoms with Gasteiger partial charge in [0.25, 0.3) is 0 Å². The molecule has 2 aromatic carbocycles. The van der Waals surface area contributed by atoms with Gasteiger partial charge in [-0.2, -0.15) is 0 Å². The van der Waals surface area contributed by atoms with Crippen molar-refractivity contribution in [2.75, 3.05) is 44.8 Å². The lowest BCUT2D eigenvalue weighted by Gasteiger charge is -2.38. The quantitative estimate of drug-likeness (QED) is 0.392. The smallest absolute Gasteiger partial charge is 0.409 e. The first-order valence-corrected chi connectivity index (χ1v) is 13.9. The van der Waals surface area contributed by atoms with Crippen LogP contribution in [-0.2, 0) is 15.9 Å². The molecule has 37 heavy (non-hydrogen) atoms. The number of hydrogen-bond donors (Lipinski definition) is 1. The summed E-state index contributed by atoms with van der Waals surface area (Å²) in [7, 11) is 0. The molecule has 2 aliphatic heterocycles. The van der Waals surface area contributed by atoms with Gasteiger partial charge in [-0.3, -0.25) is 0 Å². The molecule has 1 unspecified atom stereocenters. The van der Waals surface area contributed by atoms with Crippen LogP contribution >= 0.6 is 0 Å². The van der Waals surface area contributed by atoms with Gasteiger partial charge in [0, 0.05) is 45.0 Å². The van der Waals surface area contributed by atoms with Gasteiger partial charge in [-0.15, -0.1) is 0 Å². The number of fused-ring (bicyclic) bond motifs is 1. The number of nitrogens with zero attached hydrogens (tertiary/aromatic N) is 1. The molecule has 0 bridgehead atoms.